The van der Waals surface area contributed by atoms with Gasteiger partial charge in [0, 0.05) is 5.70 Å². The highest BCUT2D eigenvalue weighted by Crippen LogP contribution is 2.35. The van der Waals surface area contributed by atoms with Crippen molar-refractivity contribution in [2.45, 2.75) is 32.4 Å². The van der Waals surface area contributed by atoms with Gasteiger partial charge in [0.15, 0.2) is 11.5 Å². The van der Waals surface area contributed by atoms with Crippen LogP contribution in [0.15, 0.2) is 30.5 Å². The fraction of sp³-hybridized carbons (Fsp3) is 0.412. The number of aromatic hydroxyl groups is 1. The molecule has 2 atom stereocenters. The molecule has 1 heterocycles. The highest BCUT2D eigenvalue weighted by molar-refractivity contribution is 5.85. The first-order valence-electron chi connectivity index (χ1n) is 7.48. The van der Waals surface area contributed by atoms with E-state index in [4.69, 9.17) is 9.47 Å². The summed E-state index contributed by atoms with van der Waals surface area (Å²) in [6.07, 6.45) is 0. The van der Waals surface area contributed by atoms with Crippen LogP contribution < -0.4 is 15.4 Å². The summed E-state index contributed by atoms with van der Waals surface area (Å²) in [6.45, 7) is 9.07. The second kappa shape index (κ2) is 6.43. The maximum atomic E-state index is 12.6. The molecule has 0 radical (unpaired) electrons. The van der Waals surface area contributed by atoms with E-state index in [0.29, 0.717) is 5.56 Å². The van der Waals surface area contributed by atoms with E-state index in [1.807, 2.05) is 0 Å². The van der Waals surface area contributed by atoms with E-state index >= 15 is 0 Å². The van der Waals surface area contributed by atoms with Crippen molar-refractivity contribution in [1.29, 1.82) is 0 Å². The number of carbonyl (C=O) groups excluding carboxylic acids is 2. The van der Waals surface area contributed by atoms with Crippen LogP contribution in [0.1, 0.15) is 32.4 Å². The highest BCUT2D eigenvalue weighted by Gasteiger charge is 2.40. The number of phenols is 1. The smallest absolute Gasteiger partial charge is 0.319 e. The van der Waals surface area contributed by atoms with Crippen LogP contribution in [0.25, 0.3) is 0 Å². The number of hydrogen-bond donors (Lipinski definition) is 3. The van der Waals surface area contributed by atoms with E-state index in [2.05, 4.69) is 17.2 Å². The zero-order chi connectivity index (χ0) is 18.1. The summed E-state index contributed by atoms with van der Waals surface area (Å²) in [5.74, 6) is -1.10. The monoisotopic (exact) mass is 334 g/mol. The van der Waals surface area contributed by atoms with Gasteiger partial charge < -0.3 is 25.2 Å². The molecule has 1 fully saturated rings. The summed E-state index contributed by atoms with van der Waals surface area (Å²) in [6, 6.07) is 3.47. The highest BCUT2D eigenvalue weighted by atomic mass is 16.6. The van der Waals surface area contributed by atoms with Crippen LogP contribution >= 0.6 is 0 Å². The van der Waals surface area contributed by atoms with Gasteiger partial charge >= 0.3 is 12.0 Å². The molecule has 2 rings (SSSR count). The normalized spacial score (nSPS) is 20.8. The van der Waals surface area contributed by atoms with Gasteiger partial charge in [0.25, 0.3) is 0 Å². The lowest BCUT2D eigenvalue weighted by molar-refractivity contribution is -0.159. The molecule has 3 N–H and O–H groups in total. The summed E-state index contributed by atoms with van der Waals surface area (Å²) in [7, 11) is 1.42. The molecule has 0 saturated carbocycles. The molecule has 0 spiro atoms. The Bertz CT molecular complexity index is 678. The average molecular weight is 334 g/mol. The zero-order valence-corrected chi connectivity index (χ0v) is 14.2. The summed E-state index contributed by atoms with van der Waals surface area (Å²) in [5.41, 5.74) is 0.178. The number of nitrogens with one attached hydrogen (secondary N) is 2. The molecule has 1 aromatic carbocycles. The molecule has 130 valence electrons. The maximum absolute atomic E-state index is 12.6. The van der Waals surface area contributed by atoms with Gasteiger partial charge in [0.1, 0.15) is 11.5 Å². The average Bonchev–Trinajstić information content (AvgIpc) is 2.44. The van der Waals surface area contributed by atoms with Crippen LogP contribution in [0.5, 0.6) is 11.5 Å². The molecule has 2 amide bonds. The van der Waals surface area contributed by atoms with Gasteiger partial charge in [0.2, 0.25) is 0 Å². The number of amides is 2. The molecule has 1 aliphatic rings. The molecular formula is C17H22N2O5. The van der Waals surface area contributed by atoms with Crippen molar-refractivity contribution in [2.75, 3.05) is 7.11 Å². The first-order valence-corrected chi connectivity index (χ1v) is 7.48. The quantitative estimate of drug-likeness (QED) is 0.737. The largest absolute Gasteiger partial charge is 0.504 e. The third kappa shape index (κ3) is 3.79. The Hall–Kier alpha value is -2.70. The van der Waals surface area contributed by atoms with E-state index in [1.165, 1.54) is 13.2 Å². The van der Waals surface area contributed by atoms with E-state index in [9.17, 15) is 14.7 Å². The molecular weight excluding hydrogens is 312 g/mol. The van der Waals surface area contributed by atoms with Gasteiger partial charge in [-0.25, -0.2) is 4.79 Å². The molecule has 1 saturated heterocycles. The minimum atomic E-state index is -0.809. The third-order valence-corrected chi connectivity index (χ3v) is 3.49. The number of benzene rings is 1. The molecule has 7 heteroatoms. The standard InChI is InChI=1S/C17H22N2O5/c1-9-13(15(21)24-17(2,3)4)14(19-16(22)18-9)10-6-7-11(20)12(8-10)23-5/h6-8,13-14,20H,1H2,2-5H3,(H2,18,19,22). The number of rotatable bonds is 3. The first-order chi connectivity index (χ1) is 11.1. The minimum Gasteiger partial charge on any atom is -0.504 e. The van der Waals surface area contributed by atoms with Crippen molar-refractivity contribution in [2.24, 2.45) is 5.92 Å². The first kappa shape index (κ1) is 17.7. The van der Waals surface area contributed by atoms with E-state index in [-0.39, 0.29) is 17.2 Å². The van der Waals surface area contributed by atoms with Crippen molar-refractivity contribution in [3.05, 3.63) is 36.0 Å². The van der Waals surface area contributed by atoms with Crippen LogP contribution in [0.4, 0.5) is 4.79 Å². The van der Waals surface area contributed by atoms with Crippen LogP contribution in [-0.4, -0.2) is 29.8 Å². The second-order valence-corrected chi connectivity index (χ2v) is 6.54. The molecule has 1 aromatic rings. The topological polar surface area (TPSA) is 96.9 Å². The van der Waals surface area contributed by atoms with Gasteiger partial charge in [-0.1, -0.05) is 12.6 Å². The SMILES string of the molecule is C=C1NC(=O)NC(c2ccc(O)c(OC)c2)C1C(=O)OC(C)(C)C. The fourth-order valence-corrected chi connectivity index (χ4v) is 2.49. The second-order valence-electron chi connectivity index (χ2n) is 6.54. The Morgan fingerprint density at radius 2 is 2.00 bits per heavy atom. The Balaban J connectivity index is 2.40. The number of esters is 1. The molecule has 7 nitrogen and oxygen atoms in total. The molecule has 0 aliphatic carbocycles. The molecule has 0 aromatic heterocycles. The van der Waals surface area contributed by atoms with Crippen molar-refractivity contribution in [3.63, 3.8) is 0 Å². The van der Waals surface area contributed by atoms with Crippen LogP contribution in [0.2, 0.25) is 0 Å². The van der Waals surface area contributed by atoms with Crippen LogP contribution in [0, 0.1) is 5.92 Å². The minimum absolute atomic E-state index is 0.0332. The van der Waals surface area contributed by atoms with Crippen LogP contribution in [0.3, 0.4) is 0 Å². The predicted molar refractivity (Wildman–Crippen MR) is 87.5 cm³/mol. The number of urea groups is 1. The van der Waals surface area contributed by atoms with Gasteiger partial charge in [0.05, 0.1) is 13.2 Å². The Kier molecular flexibility index (Phi) is 4.73. The Morgan fingerprint density at radius 3 is 2.58 bits per heavy atom. The van der Waals surface area contributed by atoms with E-state index in [0.717, 1.165) is 0 Å². The number of phenolic OH excluding ortho intramolecular Hbond substituents is 1. The van der Waals surface area contributed by atoms with Crippen molar-refractivity contribution < 1.29 is 24.2 Å². The molecule has 2 unspecified atom stereocenters. The van der Waals surface area contributed by atoms with Gasteiger partial charge in [-0.05, 0) is 38.5 Å². The summed E-state index contributed by atoms with van der Waals surface area (Å²) in [4.78, 5) is 24.4. The fourth-order valence-electron chi connectivity index (χ4n) is 2.49. The van der Waals surface area contributed by atoms with Crippen molar-refractivity contribution >= 4 is 12.0 Å². The van der Waals surface area contributed by atoms with Crippen molar-refractivity contribution in [3.8, 4) is 11.5 Å². The zero-order valence-electron chi connectivity index (χ0n) is 14.2. The number of hydrogen-bond acceptors (Lipinski definition) is 5. The number of methoxy groups -OCH3 is 1. The van der Waals surface area contributed by atoms with E-state index in [1.54, 1.807) is 32.9 Å². The number of ether oxygens (including phenoxy) is 2. The molecule has 24 heavy (non-hydrogen) atoms. The van der Waals surface area contributed by atoms with Gasteiger partial charge in [-0.2, -0.15) is 0 Å². The van der Waals surface area contributed by atoms with E-state index < -0.39 is 29.6 Å². The van der Waals surface area contributed by atoms with Crippen LogP contribution in [-0.2, 0) is 9.53 Å². The lowest BCUT2D eigenvalue weighted by Crippen LogP contribution is -2.51. The lowest BCUT2D eigenvalue weighted by Gasteiger charge is -2.35. The molecule has 0 bridgehead atoms. The predicted octanol–water partition coefficient (Wildman–Crippen LogP) is 2.23. The summed E-state index contributed by atoms with van der Waals surface area (Å²) >= 11 is 0. The lowest BCUT2D eigenvalue weighted by atomic mass is 9.88. The summed E-state index contributed by atoms with van der Waals surface area (Å²) < 4.78 is 10.5. The molecule has 1 aliphatic heterocycles. The Morgan fingerprint density at radius 1 is 1.33 bits per heavy atom. The van der Waals surface area contributed by atoms with Gasteiger partial charge in [-0.15, -0.1) is 0 Å². The summed E-state index contributed by atoms with van der Waals surface area (Å²) in [5, 5.41) is 14.9. The van der Waals surface area contributed by atoms with Crippen molar-refractivity contribution in [1.82, 2.24) is 10.6 Å². The third-order valence-electron chi connectivity index (χ3n) is 3.49. The number of carbonyl (C=O) groups is 2. The Labute approximate surface area is 140 Å². The van der Waals surface area contributed by atoms with Gasteiger partial charge in [-0.3, -0.25) is 4.79 Å². The maximum Gasteiger partial charge on any atom is 0.319 e.